The molecule has 1 fully saturated rings. The second-order valence-electron chi connectivity index (χ2n) is 6.65. The minimum absolute atomic E-state index is 0.390. The van der Waals surface area contributed by atoms with Crippen molar-refractivity contribution in [3.8, 4) is 0 Å². The Morgan fingerprint density at radius 1 is 1.46 bits per heavy atom. The van der Waals surface area contributed by atoms with Crippen molar-refractivity contribution in [1.29, 1.82) is 0 Å². The van der Waals surface area contributed by atoms with Crippen molar-refractivity contribution in [3.05, 3.63) is 39.8 Å². The molecule has 0 bridgehead atoms. The third-order valence-corrected chi connectivity index (χ3v) is 5.42. The van der Waals surface area contributed by atoms with Gasteiger partial charge in [0.2, 0.25) is 0 Å². The van der Waals surface area contributed by atoms with Crippen LogP contribution in [0, 0.1) is 13.8 Å². The van der Waals surface area contributed by atoms with Gasteiger partial charge in [0, 0.05) is 23.2 Å². The number of likely N-dealkylation sites (tertiary alicyclic amines) is 1. The number of hydrogen-bond donors (Lipinski definition) is 1. The monoisotopic (exact) mass is 349 g/mol. The fourth-order valence-corrected chi connectivity index (χ4v) is 4.06. The van der Waals surface area contributed by atoms with E-state index in [0.717, 1.165) is 18.8 Å². The predicted molar refractivity (Wildman–Crippen MR) is 96.3 cm³/mol. The molecule has 2 atom stereocenters. The van der Waals surface area contributed by atoms with E-state index in [-0.39, 0.29) is 0 Å². The van der Waals surface area contributed by atoms with Gasteiger partial charge in [0.1, 0.15) is 0 Å². The van der Waals surface area contributed by atoms with Crippen LogP contribution < -0.4 is 0 Å². The van der Waals surface area contributed by atoms with Crippen molar-refractivity contribution in [3.63, 3.8) is 0 Å². The summed E-state index contributed by atoms with van der Waals surface area (Å²) in [7, 11) is 0. The Hall–Kier alpha value is -1.21. The molecule has 24 heavy (non-hydrogen) atoms. The Kier molecular flexibility index (Phi) is 6.05. The molecule has 2 aromatic rings. The fourth-order valence-electron chi connectivity index (χ4n) is 3.42. The number of β-amino-alcohol motifs (C(OH)–C–C–N with tert-alkyl or cyclic N) is 1. The van der Waals surface area contributed by atoms with Gasteiger partial charge >= 0.3 is 0 Å². The SMILES string of the molecule is Cc1cc(C)n(C[C@@H]2CCCN2C[C@H](O)COCc2cccs2)n1. The summed E-state index contributed by atoms with van der Waals surface area (Å²) in [5.74, 6) is 0. The summed E-state index contributed by atoms with van der Waals surface area (Å²) in [5.41, 5.74) is 2.28. The lowest BCUT2D eigenvalue weighted by Gasteiger charge is -2.27. The number of hydrogen-bond acceptors (Lipinski definition) is 5. The van der Waals surface area contributed by atoms with Crippen LogP contribution in [0.4, 0.5) is 0 Å². The van der Waals surface area contributed by atoms with E-state index >= 15 is 0 Å². The highest BCUT2D eigenvalue weighted by Crippen LogP contribution is 2.20. The topological polar surface area (TPSA) is 50.5 Å². The number of aliphatic hydroxyl groups excluding tert-OH is 1. The molecule has 132 valence electrons. The van der Waals surface area contributed by atoms with Gasteiger partial charge in [-0.05, 0) is 50.7 Å². The van der Waals surface area contributed by atoms with Crippen molar-refractivity contribution in [2.45, 2.75) is 52.0 Å². The van der Waals surface area contributed by atoms with Crippen LogP contribution in [0.15, 0.2) is 23.6 Å². The largest absolute Gasteiger partial charge is 0.389 e. The van der Waals surface area contributed by atoms with Gasteiger partial charge in [-0.15, -0.1) is 11.3 Å². The molecule has 0 unspecified atom stereocenters. The molecular formula is C18H27N3O2S. The van der Waals surface area contributed by atoms with Gasteiger partial charge in [0.25, 0.3) is 0 Å². The van der Waals surface area contributed by atoms with Crippen LogP contribution in [0.25, 0.3) is 0 Å². The van der Waals surface area contributed by atoms with Crippen molar-refractivity contribution in [1.82, 2.24) is 14.7 Å². The highest BCUT2D eigenvalue weighted by Gasteiger charge is 2.27. The van der Waals surface area contributed by atoms with E-state index in [2.05, 4.69) is 33.7 Å². The first-order valence-electron chi connectivity index (χ1n) is 8.65. The van der Waals surface area contributed by atoms with Crippen LogP contribution in [-0.4, -0.2) is 51.6 Å². The zero-order valence-corrected chi connectivity index (χ0v) is 15.3. The number of nitrogens with zero attached hydrogens (tertiary/aromatic N) is 3. The van der Waals surface area contributed by atoms with E-state index in [9.17, 15) is 5.11 Å². The van der Waals surface area contributed by atoms with Crippen molar-refractivity contribution < 1.29 is 9.84 Å². The van der Waals surface area contributed by atoms with Gasteiger partial charge in [-0.1, -0.05) is 6.07 Å². The fraction of sp³-hybridized carbons (Fsp3) is 0.611. The average Bonchev–Trinajstić information content (AvgIpc) is 3.24. The lowest BCUT2D eigenvalue weighted by Crippen LogP contribution is -2.40. The van der Waals surface area contributed by atoms with Crippen LogP contribution in [0.5, 0.6) is 0 Å². The van der Waals surface area contributed by atoms with Gasteiger partial charge in [-0.25, -0.2) is 0 Å². The Labute approximate surface area is 147 Å². The first kappa shape index (κ1) is 17.6. The molecule has 3 heterocycles. The quantitative estimate of drug-likeness (QED) is 0.796. The van der Waals surface area contributed by atoms with Gasteiger partial charge in [0.15, 0.2) is 0 Å². The van der Waals surface area contributed by atoms with E-state index < -0.39 is 6.10 Å². The highest BCUT2D eigenvalue weighted by atomic mass is 32.1. The van der Waals surface area contributed by atoms with E-state index in [1.54, 1.807) is 11.3 Å². The number of rotatable bonds is 8. The standard InChI is InChI=1S/C18H27N3O2S/c1-14-9-15(2)21(19-14)10-16-5-3-7-20(16)11-17(22)12-23-13-18-6-4-8-24-18/h4,6,8-9,16-17,22H,3,5,7,10-13H2,1-2H3/t16-,17-/m0/s1. The van der Waals surface area contributed by atoms with Gasteiger partial charge in [-0.3, -0.25) is 9.58 Å². The van der Waals surface area contributed by atoms with Crippen LogP contribution in [0.1, 0.15) is 29.1 Å². The minimum Gasteiger partial charge on any atom is -0.389 e. The summed E-state index contributed by atoms with van der Waals surface area (Å²) in [5, 5.41) is 16.9. The lowest BCUT2D eigenvalue weighted by molar-refractivity contribution is 0.00737. The Morgan fingerprint density at radius 2 is 2.33 bits per heavy atom. The second kappa shape index (κ2) is 8.25. The summed E-state index contributed by atoms with van der Waals surface area (Å²) < 4.78 is 7.74. The maximum Gasteiger partial charge on any atom is 0.0900 e. The van der Waals surface area contributed by atoms with Gasteiger partial charge in [-0.2, -0.15) is 5.10 Å². The number of aryl methyl sites for hydroxylation is 2. The van der Waals surface area contributed by atoms with Crippen molar-refractivity contribution in [2.75, 3.05) is 19.7 Å². The normalized spacial score (nSPS) is 19.9. The second-order valence-corrected chi connectivity index (χ2v) is 7.68. The van der Waals surface area contributed by atoms with Crippen LogP contribution in [-0.2, 0) is 17.9 Å². The maximum atomic E-state index is 10.3. The van der Waals surface area contributed by atoms with E-state index in [1.165, 1.54) is 23.4 Å². The molecule has 0 saturated carbocycles. The predicted octanol–water partition coefficient (Wildman–Crippen LogP) is 2.60. The minimum atomic E-state index is -0.439. The molecule has 0 amide bonds. The van der Waals surface area contributed by atoms with Crippen LogP contribution in [0.3, 0.4) is 0 Å². The first-order valence-corrected chi connectivity index (χ1v) is 9.53. The molecule has 0 aromatic carbocycles. The summed E-state index contributed by atoms with van der Waals surface area (Å²) in [6.45, 7) is 7.74. The summed E-state index contributed by atoms with van der Waals surface area (Å²) >= 11 is 1.69. The molecule has 1 saturated heterocycles. The van der Waals surface area contributed by atoms with Crippen LogP contribution >= 0.6 is 11.3 Å². The number of aliphatic hydroxyl groups is 1. The smallest absolute Gasteiger partial charge is 0.0900 e. The number of aromatic nitrogens is 2. The molecule has 5 nitrogen and oxygen atoms in total. The van der Waals surface area contributed by atoms with E-state index in [0.29, 0.717) is 25.8 Å². The third-order valence-electron chi connectivity index (χ3n) is 4.57. The first-order chi connectivity index (χ1) is 11.6. The molecule has 0 spiro atoms. The lowest BCUT2D eigenvalue weighted by atomic mass is 10.2. The number of thiophene rings is 1. The average molecular weight is 350 g/mol. The van der Waals surface area contributed by atoms with Gasteiger partial charge < -0.3 is 9.84 Å². The molecule has 1 aliphatic heterocycles. The van der Waals surface area contributed by atoms with E-state index in [4.69, 9.17) is 4.74 Å². The van der Waals surface area contributed by atoms with E-state index in [1.807, 2.05) is 18.4 Å². The summed E-state index contributed by atoms with van der Waals surface area (Å²) in [6.07, 6.45) is 1.92. The van der Waals surface area contributed by atoms with Gasteiger partial charge in [0.05, 0.1) is 31.6 Å². The molecule has 6 heteroatoms. The summed E-state index contributed by atoms with van der Waals surface area (Å²) in [4.78, 5) is 3.58. The van der Waals surface area contributed by atoms with Crippen molar-refractivity contribution in [2.24, 2.45) is 0 Å². The molecular weight excluding hydrogens is 322 g/mol. The molecule has 0 radical (unpaired) electrons. The third kappa shape index (κ3) is 4.66. The molecule has 1 aliphatic rings. The number of ether oxygens (including phenoxy) is 1. The molecule has 0 aliphatic carbocycles. The zero-order valence-electron chi connectivity index (χ0n) is 14.5. The highest BCUT2D eigenvalue weighted by molar-refractivity contribution is 7.09. The maximum absolute atomic E-state index is 10.3. The zero-order chi connectivity index (χ0) is 16.9. The van der Waals surface area contributed by atoms with Crippen LogP contribution in [0.2, 0.25) is 0 Å². The molecule has 1 N–H and O–H groups in total. The molecule has 2 aromatic heterocycles. The Morgan fingerprint density at radius 3 is 3.04 bits per heavy atom. The Balaban J connectivity index is 1.45. The van der Waals surface area contributed by atoms with Crippen molar-refractivity contribution >= 4 is 11.3 Å². The Bertz CT molecular complexity index is 626. The molecule has 3 rings (SSSR count). The summed E-state index contributed by atoms with van der Waals surface area (Å²) in [6, 6.07) is 6.65.